The molecule has 0 aliphatic carbocycles. The fourth-order valence-electron chi connectivity index (χ4n) is 1.26. The van der Waals surface area contributed by atoms with E-state index in [1.54, 1.807) is 0 Å². The molecule has 0 aliphatic rings. The van der Waals surface area contributed by atoms with Crippen molar-refractivity contribution in [1.82, 2.24) is 16.1 Å². The Hall–Kier alpha value is -2.67. The van der Waals surface area contributed by atoms with E-state index in [4.69, 9.17) is 5.21 Å². The molecule has 0 bridgehead atoms. The van der Waals surface area contributed by atoms with Crippen molar-refractivity contribution in [3.63, 3.8) is 0 Å². The van der Waals surface area contributed by atoms with Gasteiger partial charge in [0.25, 0.3) is 5.91 Å². The highest BCUT2D eigenvalue weighted by molar-refractivity contribution is 5.97. The van der Waals surface area contributed by atoms with Gasteiger partial charge in [-0.25, -0.2) is 5.48 Å². The minimum Gasteiger partial charge on any atom is -0.348 e. The summed E-state index contributed by atoms with van der Waals surface area (Å²) in [5, 5.41) is 13.0. The summed E-state index contributed by atoms with van der Waals surface area (Å²) in [5.41, 5.74) is 2.31. The summed E-state index contributed by atoms with van der Waals surface area (Å²) in [6.07, 6.45) is 2.07. The number of hydrogen-bond acceptors (Lipinski definition) is 4. The maximum absolute atomic E-state index is 11.4. The van der Waals surface area contributed by atoms with Gasteiger partial charge in [-0.2, -0.15) is 0 Å². The lowest BCUT2D eigenvalue weighted by molar-refractivity contribution is -0.130. The second kappa shape index (κ2) is 8.44. The predicted octanol–water partition coefficient (Wildman–Crippen LogP) is -0.519. The molecule has 20 heavy (non-hydrogen) atoms. The highest BCUT2D eigenvalue weighted by Crippen LogP contribution is 1.96. The molecule has 1 aromatic rings. The van der Waals surface area contributed by atoms with E-state index < -0.39 is 17.7 Å². The van der Waals surface area contributed by atoms with Crippen LogP contribution >= 0.6 is 0 Å². The molecule has 7 nitrogen and oxygen atoms in total. The van der Waals surface area contributed by atoms with Gasteiger partial charge in [0.1, 0.15) is 0 Å². The first-order valence-electron chi connectivity index (χ1n) is 5.82. The van der Waals surface area contributed by atoms with Gasteiger partial charge in [-0.05, 0) is 5.56 Å². The fourth-order valence-corrected chi connectivity index (χ4v) is 1.26. The van der Waals surface area contributed by atoms with Gasteiger partial charge in [0.15, 0.2) is 0 Å². The third-order valence-electron chi connectivity index (χ3n) is 2.24. The SMILES string of the molecule is O=C(/C=C/C(=O)NCc1ccccc1)NCC(=O)NO. The summed E-state index contributed by atoms with van der Waals surface area (Å²) in [6.45, 7) is -0.0101. The topological polar surface area (TPSA) is 108 Å². The van der Waals surface area contributed by atoms with Crippen molar-refractivity contribution >= 4 is 17.7 Å². The molecule has 0 heterocycles. The van der Waals surface area contributed by atoms with Gasteiger partial charge in [0.2, 0.25) is 11.8 Å². The first kappa shape index (κ1) is 15.4. The van der Waals surface area contributed by atoms with Crippen LogP contribution in [0.25, 0.3) is 0 Å². The fraction of sp³-hybridized carbons (Fsp3) is 0.154. The normalized spacial score (nSPS) is 10.1. The molecule has 106 valence electrons. The van der Waals surface area contributed by atoms with Gasteiger partial charge < -0.3 is 10.6 Å². The van der Waals surface area contributed by atoms with Crippen molar-refractivity contribution in [2.24, 2.45) is 0 Å². The van der Waals surface area contributed by atoms with Gasteiger partial charge in [0.05, 0.1) is 6.54 Å². The minimum absolute atomic E-state index is 0.360. The molecule has 0 fully saturated rings. The Morgan fingerprint density at radius 1 is 1.00 bits per heavy atom. The average molecular weight is 277 g/mol. The number of rotatable bonds is 6. The zero-order valence-corrected chi connectivity index (χ0v) is 10.6. The van der Waals surface area contributed by atoms with E-state index in [2.05, 4.69) is 10.6 Å². The number of carbonyl (C=O) groups is 3. The standard InChI is InChI=1S/C13H15N3O4/c17-11(14-8-10-4-2-1-3-5-10)6-7-12(18)15-9-13(19)16-20/h1-7,20H,8-9H2,(H,14,17)(H,15,18)(H,16,19)/b7-6+. The van der Waals surface area contributed by atoms with E-state index >= 15 is 0 Å². The van der Waals surface area contributed by atoms with Crippen LogP contribution in [0.3, 0.4) is 0 Å². The molecule has 1 aromatic carbocycles. The van der Waals surface area contributed by atoms with Crippen molar-refractivity contribution in [1.29, 1.82) is 0 Å². The molecule has 0 aromatic heterocycles. The molecule has 0 spiro atoms. The monoisotopic (exact) mass is 277 g/mol. The maximum atomic E-state index is 11.4. The zero-order chi connectivity index (χ0) is 14.8. The summed E-state index contributed by atoms with van der Waals surface area (Å²) in [5.74, 6) is -1.78. The first-order chi connectivity index (χ1) is 9.61. The van der Waals surface area contributed by atoms with Gasteiger partial charge in [-0.3, -0.25) is 19.6 Å². The van der Waals surface area contributed by atoms with Gasteiger partial charge >= 0.3 is 0 Å². The Kier molecular flexibility index (Phi) is 6.49. The number of hydroxylamine groups is 1. The summed E-state index contributed by atoms with van der Waals surface area (Å²) < 4.78 is 0. The lowest BCUT2D eigenvalue weighted by Crippen LogP contribution is -2.34. The van der Waals surface area contributed by atoms with Crippen LogP contribution in [0, 0.1) is 0 Å². The van der Waals surface area contributed by atoms with E-state index in [0.29, 0.717) is 6.54 Å². The Labute approximate surface area is 115 Å². The molecule has 1 rings (SSSR count). The molecule has 0 unspecified atom stereocenters. The second-order valence-electron chi connectivity index (χ2n) is 3.79. The Morgan fingerprint density at radius 3 is 2.20 bits per heavy atom. The number of nitrogens with one attached hydrogen (secondary N) is 3. The van der Waals surface area contributed by atoms with Crippen LogP contribution in [0.15, 0.2) is 42.5 Å². The largest absolute Gasteiger partial charge is 0.348 e. The highest BCUT2D eigenvalue weighted by Gasteiger charge is 2.02. The van der Waals surface area contributed by atoms with Crippen LogP contribution in [0.5, 0.6) is 0 Å². The molecule has 0 aliphatic heterocycles. The van der Waals surface area contributed by atoms with Crippen LogP contribution in [0.1, 0.15) is 5.56 Å². The number of amides is 3. The lowest BCUT2D eigenvalue weighted by atomic mass is 10.2. The molecule has 0 radical (unpaired) electrons. The molecule has 0 saturated carbocycles. The Bertz CT molecular complexity index is 500. The number of carbonyl (C=O) groups excluding carboxylic acids is 3. The molecular formula is C13H15N3O4. The van der Waals surface area contributed by atoms with Gasteiger partial charge in [-0.1, -0.05) is 30.3 Å². The lowest BCUT2D eigenvalue weighted by Gasteiger charge is -2.02. The molecule has 3 amide bonds. The molecule has 0 atom stereocenters. The molecule has 7 heteroatoms. The third kappa shape index (κ3) is 6.31. The summed E-state index contributed by atoms with van der Waals surface area (Å²) in [4.78, 5) is 33.3. The smallest absolute Gasteiger partial charge is 0.262 e. The van der Waals surface area contributed by atoms with Crippen molar-refractivity contribution in [2.45, 2.75) is 6.54 Å². The van der Waals surface area contributed by atoms with E-state index in [9.17, 15) is 14.4 Å². The minimum atomic E-state index is -0.750. The first-order valence-corrected chi connectivity index (χ1v) is 5.82. The molecular weight excluding hydrogens is 262 g/mol. The van der Waals surface area contributed by atoms with Crippen LogP contribution in [-0.2, 0) is 20.9 Å². The third-order valence-corrected chi connectivity index (χ3v) is 2.24. The van der Waals surface area contributed by atoms with Crippen molar-refractivity contribution in [3.05, 3.63) is 48.0 Å². The number of benzene rings is 1. The van der Waals surface area contributed by atoms with Gasteiger partial charge in [0, 0.05) is 18.7 Å². The van der Waals surface area contributed by atoms with Gasteiger partial charge in [-0.15, -0.1) is 0 Å². The quantitative estimate of drug-likeness (QED) is 0.319. The second-order valence-corrected chi connectivity index (χ2v) is 3.79. The predicted molar refractivity (Wildman–Crippen MR) is 70.4 cm³/mol. The Morgan fingerprint density at radius 2 is 1.60 bits per heavy atom. The van der Waals surface area contributed by atoms with Crippen LogP contribution < -0.4 is 16.1 Å². The zero-order valence-electron chi connectivity index (χ0n) is 10.6. The number of hydrogen-bond donors (Lipinski definition) is 4. The van der Waals surface area contributed by atoms with E-state index in [1.807, 2.05) is 30.3 Å². The van der Waals surface area contributed by atoms with Crippen LogP contribution in [0.2, 0.25) is 0 Å². The van der Waals surface area contributed by atoms with E-state index in [1.165, 1.54) is 5.48 Å². The molecule has 4 N–H and O–H groups in total. The Balaban J connectivity index is 2.29. The van der Waals surface area contributed by atoms with E-state index in [0.717, 1.165) is 17.7 Å². The summed E-state index contributed by atoms with van der Waals surface area (Å²) in [6, 6.07) is 9.32. The highest BCUT2D eigenvalue weighted by atomic mass is 16.5. The van der Waals surface area contributed by atoms with Crippen molar-refractivity contribution in [2.75, 3.05) is 6.54 Å². The average Bonchev–Trinajstić information content (AvgIpc) is 2.49. The van der Waals surface area contributed by atoms with Crippen molar-refractivity contribution < 1.29 is 19.6 Å². The van der Waals surface area contributed by atoms with E-state index in [-0.39, 0.29) is 6.54 Å². The van der Waals surface area contributed by atoms with Crippen molar-refractivity contribution in [3.8, 4) is 0 Å². The summed E-state index contributed by atoms with van der Waals surface area (Å²) >= 11 is 0. The summed E-state index contributed by atoms with van der Waals surface area (Å²) in [7, 11) is 0. The van der Waals surface area contributed by atoms with Crippen LogP contribution in [-0.4, -0.2) is 29.5 Å². The molecule has 0 saturated heterocycles. The maximum Gasteiger partial charge on any atom is 0.262 e. The van der Waals surface area contributed by atoms with Crippen LogP contribution in [0.4, 0.5) is 0 Å².